The molecule has 3 N–H and O–H groups in total. The Kier molecular flexibility index (Phi) is 6.97. The van der Waals surface area contributed by atoms with E-state index in [-0.39, 0.29) is 17.9 Å². The number of rotatable bonds is 8. The van der Waals surface area contributed by atoms with Gasteiger partial charge in [0.1, 0.15) is 0 Å². The van der Waals surface area contributed by atoms with E-state index in [1.54, 1.807) is 0 Å². The van der Waals surface area contributed by atoms with E-state index in [2.05, 4.69) is 34.7 Å². The first kappa shape index (κ1) is 20.7. The molecule has 2 amide bonds. The van der Waals surface area contributed by atoms with Crippen LogP contribution in [0.4, 0.5) is 0 Å². The lowest BCUT2D eigenvalue weighted by Crippen LogP contribution is -2.38. The predicted molar refractivity (Wildman–Crippen MR) is 111 cm³/mol. The third-order valence-electron chi connectivity index (χ3n) is 5.03. The molecule has 1 atom stereocenters. The predicted octanol–water partition coefficient (Wildman–Crippen LogP) is 2.19. The van der Waals surface area contributed by atoms with Crippen molar-refractivity contribution >= 4 is 23.4 Å². The zero-order valence-electron chi connectivity index (χ0n) is 16.6. The van der Waals surface area contributed by atoms with Crippen LogP contribution < -0.4 is 16.0 Å². The molecular formula is C21H29ClN4O2. The highest BCUT2D eigenvalue weighted by Gasteiger charge is 2.28. The van der Waals surface area contributed by atoms with Crippen molar-refractivity contribution in [2.45, 2.75) is 51.7 Å². The Morgan fingerprint density at radius 3 is 2.68 bits per heavy atom. The van der Waals surface area contributed by atoms with Crippen LogP contribution in [0.3, 0.4) is 0 Å². The molecule has 3 rings (SSSR count). The highest BCUT2D eigenvalue weighted by Crippen LogP contribution is 2.21. The number of carbonyl (C=O) groups is 2. The van der Waals surface area contributed by atoms with Crippen molar-refractivity contribution in [1.29, 1.82) is 0 Å². The Morgan fingerprint density at radius 2 is 2.04 bits per heavy atom. The van der Waals surface area contributed by atoms with Crippen LogP contribution in [0.5, 0.6) is 0 Å². The topological polar surface area (TPSA) is 73.5 Å². The summed E-state index contributed by atoms with van der Waals surface area (Å²) < 4.78 is 0. The number of nitrogens with one attached hydrogen (secondary N) is 3. The second-order valence-corrected chi connectivity index (χ2v) is 8.37. The summed E-state index contributed by atoms with van der Waals surface area (Å²) in [7, 11) is 0. The van der Waals surface area contributed by atoms with Gasteiger partial charge in [0.15, 0.2) is 0 Å². The Hall–Kier alpha value is -2.05. The summed E-state index contributed by atoms with van der Waals surface area (Å²) in [4.78, 5) is 26.2. The van der Waals surface area contributed by atoms with Gasteiger partial charge in [0, 0.05) is 55.4 Å². The number of nitrogens with zero attached hydrogens (tertiary/aromatic N) is 1. The van der Waals surface area contributed by atoms with Crippen LogP contribution in [0.15, 0.2) is 35.5 Å². The standard InChI is InChI=1S/C21H29ClN4O2/c1-14(2)24-19-13-26(12-18-7-8-20(27)25-18)11-16(19)9-21(28)23-10-15-3-5-17(22)6-4-15/h3-6,14,18,24H,7-13H2,1-2H3,(H,23,28)(H,25,27). The molecule has 0 spiro atoms. The van der Waals surface area contributed by atoms with Gasteiger partial charge in [0.05, 0.1) is 6.42 Å². The first-order valence-electron chi connectivity index (χ1n) is 9.89. The van der Waals surface area contributed by atoms with Gasteiger partial charge in [-0.15, -0.1) is 0 Å². The fourth-order valence-electron chi connectivity index (χ4n) is 3.73. The second-order valence-electron chi connectivity index (χ2n) is 7.93. The highest BCUT2D eigenvalue weighted by molar-refractivity contribution is 6.30. The molecule has 0 saturated carbocycles. The average molecular weight is 405 g/mol. The molecule has 152 valence electrons. The zero-order chi connectivity index (χ0) is 20.1. The van der Waals surface area contributed by atoms with E-state index < -0.39 is 0 Å². The summed E-state index contributed by atoms with van der Waals surface area (Å²) in [6.45, 7) is 7.08. The van der Waals surface area contributed by atoms with Crippen LogP contribution in [0.2, 0.25) is 5.02 Å². The molecule has 1 fully saturated rings. The van der Waals surface area contributed by atoms with Crippen LogP contribution in [-0.2, 0) is 16.1 Å². The molecule has 0 bridgehead atoms. The van der Waals surface area contributed by atoms with Crippen LogP contribution in [-0.4, -0.2) is 48.4 Å². The van der Waals surface area contributed by atoms with E-state index >= 15 is 0 Å². The lowest BCUT2D eigenvalue weighted by molar-refractivity contribution is -0.121. The average Bonchev–Trinajstić information content (AvgIpc) is 3.20. The molecule has 2 aliphatic rings. The van der Waals surface area contributed by atoms with E-state index in [0.717, 1.165) is 42.9 Å². The van der Waals surface area contributed by atoms with Crippen molar-refractivity contribution in [3.8, 4) is 0 Å². The normalized spacial score (nSPS) is 20.0. The minimum Gasteiger partial charge on any atom is -0.385 e. The Balaban J connectivity index is 1.54. The maximum absolute atomic E-state index is 12.5. The van der Waals surface area contributed by atoms with Gasteiger partial charge in [-0.25, -0.2) is 0 Å². The van der Waals surface area contributed by atoms with E-state index in [9.17, 15) is 9.59 Å². The maximum atomic E-state index is 12.5. The molecule has 28 heavy (non-hydrogen) atoms. The Bertz CT molecular complexity index is 745. The van der Waals surface area contributed by atoms with Gasteiger partial charge in [-0.3, -0.25) is 14.5 Å². The Morgan fingerprint density at radius 1 is 1.29 bits per heavy atom. The highest BCUT2D eigenvalue weighted by atomic mass is 35.5. The largest absolute Gasteiger partial charge is 0.385 e. The summed E-state index contributed by atoms with van der Waals surface area (Å²) >= 11 is 5.90. The van der Waals surface area contributed by atoms with Crippen molar-refractivity contribution in [3.63, 3.8) is 0 Å². The molecule has 1 saturated heterocycles. The van der Waals surface area contributed by atoms with Gasteiger partial charge < -0.3 is 16.0 Å². The molecule has 0 radical (unpaired) electrons. The van der Waals surface area contributed by atoms with Gasteiger partial charge >= 0.3 is 0 Å². The van der Waals surface area contributed by atoms with E-state index in [0.29, 0.717) is 30.5 Å². The fraction of sp³-hybridized carbons (Fsp3) is 0.524. The number of amides is 2. The number of hydrogen-bond acceptors (Lipinski definition) is 4. The lowest BCUT2D eigenvalue weighted by atomic mass is 10.1. The minimum absolute atomic E-state index is 0.0176. The summed E-state index contributed by atoms with van der Waals surface area (Å²) in [6.07, 6.45) is 1.89. The van der Waals surface area contributed by atoms with Gasteiger partial charge in [-0.1, -0.05) is 23.7 Å². The SMILES string of the molecule is CC(C)NC1=C(CC(=O)NCc2ccc(Cl)cc2)CN(CC2CCC(=O)N2)C1. The summed E-state index contributed by atoms with van der Waals surface area (Å²) in [5.41, 5.74) is 3.30. The third-order valence-corrected chi connectivity index (χ3v) is 5.28. The number of benzene rings is 1. The Labute approximate surface area is 171 Å². The molecule has 2 aliphatic heterocycles. The van der Waals surface area contributed by atoms with Crippen molar-refractivity contribution in [2.75, 3.05) is 19.6 Å². The van der Waals surface area contributed by atoms with Crippen LogP contribution in [0.25, 0.3) is 0 Å². The minimum atomic E-state index is 0.0176. The molecule has 2 heterocycles. The van der Waals surface area contributed by atoms with Gasteiger partial charge in [-0.2, -0.15) is 0 Å². The second kappa shape index (κ2) is 9.43. The number of hydrogen-bond donors (Lipinski definition) is 3. The molecule has 6 nitrogen and oxygen atoms in total. The molecular weight excluding hydrogens is 376 g/mol. The summed E-state index contributed by atoms with van der Waals surface area (Å²) in [6, 6.07) is 8.01. The van der Waals surface area contributed by atoms with Crippen LogP contribution >= 0.6 is 11.6 Å². The molecule has 1 unspecified atom stereocenters. The van der Waals surface area contributed by atoms with E-state index in [4.69, 9.17) is 11.6 Å². The number of halogens is 1. The summed E-state index contributed by atoms with van der Waals surface area (Å²) in [5, 5.41) is 10.2. The maximum Gasteiger partial charge on any atom is 0.224 e. The first-order chi connectivity index (χ1) is 13.4. The van der Waals surface area contributed by atoms with E-state index in [1.807, 2.05) is 24.3 Å². The van der Waals surface area contributed by atoms with Crippen LogP contribution in [0.1, 0.15) is 38.7 Å². The molecule has 0 aromatic heterocycles. The molecule has 0 aliphatic carbocycles. The molecule has 1 aromatic rings. The molecule has 7 heteroatoms. The fourth-order valence-corrected chi connectivity index (χ4v) is 3.86. The van der Waals surface area contributed by atoms with E-state index in [1.165, 1.54) is 0 Å². The van der Waals surface area contributed by atoms with Gasteiger partial charge in [0.2, 0.25) is 11.8 Å². The number of carbonyl (C=O) groups excluding carboxylic acids is 2. The lowest BCUT2D eigenvalue weighted by Gasteiger charge is -2.21. The van der Waals surface area contributed by atoms with Crippen molar-refractivity contribution in [2.24, 2.45) is 0 Å². The first-order valence-corrected chi connectivity index (χ1v) is 10.3. The van der Waals surface area contributed by atoms with Gasteiger partial charge in [0.25, 0.3) is 0 Å². The smallest absolute Gasteiger partial charge is 0.224 e. The van der Waals surface area contributed by atoms with Crippen molar-refractivity contribution < 1.29 is 9.59 Å². The third kappa shape index (κ3) is 5.97. The molecule has 1 aromatic carbocycles. The van der Waals surface area contributed by atoms with Gasteiger partial charge in [-0.05, 0) is 43.5 Å². The van der Waals surface area contributed by atoms with Crippen LogP contribution in [0, 0.1) is 0 Å². The van der Waals surface area contributed by atoms with Crippen molar-refractivity contribution in [3.05, 3.63) is 46.1 Å². The van der Waals surface area contributed by atoms with Crippen molar-refractivity contribution in [1.82, 2.24) is 20.9 Å². The summed E-state index contributed by atoms with van der Waals surface area (Å²) in [5.74, 6) is 0.156. The zero-order valence-corrected chi connectivity index (χ0v) is 17.3. The quantitative estimate of drug-likeness (QED) is 0.621. The monoisotopic (exact) mass is 404 g/mol.